The van der Waals surface area contributed by atoms with Crippen LogP contribution in [0.2, 0.25) is 5.15 Å². The highest BCUT2D eigenvalue weighted by Crippen LogP contribution is 2.39. The minimum Gasteiger partial charge on any atom is -0.598 e. The van der Waals surface area contributed by atoms with Crippen molar-refractivity contribution in [3.05, 3.63) is 28.8 Å². The Morgan fingerprint density at radius 1 is 1.21 bits per heavy atom. The molecule has 4 nitrogen and oxygen atoms in total. The van der Waals surface area contributed by atoms with Crippen molar-refractivity contribution in [2.45, 2.75) is 65.1 Å². The third kappa shape index (κ3) is 5.31. The number of hydrogen-bond acceptors (Lipinski definition) is 3. The van der Waals surface area contributed by atoms with E-state index in [2.05, 4.69) is 9.71 Å². The highest BCUT2D eigenvalue weighted by Gasteiger charge is 2.47. The number of nitrogens with one attached hydrogen (secondary N) is 1. The van der Waals surface area contributed by atoms with Crippen LogP contribution in [-0.4, -0.2) is 25.0 Å². The molecule has 0 amide bonds. The fourth-order valence-corrected chi connectivity index (χ4v) is 3.60. The normalized spacial score (nSPS) is 15.9. The number of fused-ring (bicyclic) bond motifs is 1. The Hall–Kier alpha value is -1.03. The second-order valence-electron chi connectivity index (χ2n) is 8.88. The molecule has 0 spiro atoms. The highest BCUT2D eigenvalue weighted by molar-refractivity contribution is 7.90. The van der Waals surface area contributed by atoms with E-state index in [-0.39, 0.29) is 22.0 Å². The van der Waals surface area contributed by atoms with Crippen LogP contribution in [-0.2, 0) is 17.9 Å². The highest BCUT2D eigenvalue weighted by atomic mass is 35.5. The van der Waals surface area contributed by atoms with Crippen molar-refractivity contribution < 1.29 is 22.1 Å². The molecule has 0 saturated heterocycles. The van der Waals surface area contributed by atoms with Gasteiger partial charge in [-0.3, -0.25) is 0 Å². The van der Waals surface area contributed by atoms with E-state index in [0.717, 1.165) is 6.07 Å². The summed E-state index contributed by atoms with van der Waals surface area (Å²) in [6, 6.07) is -1.31. The van der Waals surface area contributed by atoms with Gasteiger partial charge in [0.05, 0.1) is 0 Å². The second-order valence-corrected chi connectivity index (χ2v) is 11.2. The first kappa shape index (κ1) is 23.3. The first-order valence-corrected chi connectivity index (χ1v) is 10.1. The molecular weight excluding hydrogens is 418 g/mol. The van der Waals surface area contributed by atoms with Gasteiger partial charge in [-0.15, -0.1) is 4.72 Å². The summed E-state index contributed by atoms with van der Waals surface area (Å²) in [5, 5.41) is -0.436. The zero-order valence-electron chi connectivity index (χ0n) is 16.5. The maximum absolute atomic E-state index is 14.0. The molecule has 2 rings (SSSR count). The van der Waals surface area contributed by atoms with Crippen LogP contribution >= 0.6 is 11.6 Å². The van der Waals surface area contributed by atoms with Crippen LogP contribution < -0.4 is 4.72 Å². The van der Waals surface area contributed by atoms with E-state index in [1.54, 1.807) is 20.8 Å². The lowest BCUT2D eigenvalue weighted by molar-refractivity contribution is -0.152. The fraction of sp³-hybridized carbons (Fsp3) is 0.611. The van der Waals surface area contributed by atoms with Gasteiger partial charge in [0.2, 0.25) is 0 Å². The van der Waals surface area contributed by atoms with Crippen LogP contribution in [0.25, 0.3) is 11.0 Å². The summed E-state index contributed by atoms with van der Waals surface area (Å²) in [6.07, 6.45) is -3.47. The van der Waals surface area contributed by atoms with Crippen LogP contribution in [0.4, 0.5) is 17.6 Å². The minimum absolute atomic E-state index is 0.0214. The maximum Gasteiger partial charge on any atom is 0.412 e. The third-order valence-electron chi connectivity index (χ3n) is 3.86. The van der Waals surface area contributed by atoms with E-state index in [9.17, 15) is 22.1 Å². The Kier molecular flexibility index (Phi) is 6.36. The average molecular weight is 442 g/mol. The molecule has 158 valence electrons. The monoisotopic (exact) mass is 441 g/mol. The van der Waals surface area contributed by atoms with E-state index in [1.165, 1.54) is 10.8 Å². The number of aromatic nitrogens is 2. The molecule has 2 aromatic rings. The van der Waals surface area contributed by atoms with E-state index >= 15 is 0 Å². The van der Waals surface area contributed by atoms with Gasteiger partial charge in [-0.1, -0.05) is 32.4 Å². The predicted molar refractivity (Wildman–Crippen MR) is 104 cm³/mol. The van der Waals surface area contributed by atoms with Crippen molar-refractivity contribution in [3.8, 4) is 0 Å². The van der Waals surface area contributed by atoms with Crippen molar-refractivity contribution in [2.75, 3.05) is 0 Å². The van der Waals surface area contributed by atoms with Gasteiger partial charge in [0, 0.05) is 35.1 Å². The summed E-state index contributed by atoms with van der Waals surface area (Å²) >= 11 is 3.77. The SMILES string of the molecule is CC(C)(C)Cn1cc([C@H](N[S@+]([O-])C(C)(C)C)C(F)(F)F)c2cc(F)c(Cl)nc21. The number of pyridine rings is 1. The minimum atomic E-state index is -4.75. The van der Waals surface area contributed by atoms with Gasteiger partial charge in [0.25, 0.3) is 0 Å². The number of nitrogens with zero attached hydrogens (tertiary/aromatic N) is 2. The van der Waals surface area contributed by atoms with Gasteiger partial charge >= 0.3 is 6.18 Å². The van der Waals surface area contributed by atoms with E-state index in [4.69, 9.17) is 11.6 Å². The maximum atomic E-state index is 14.0. The quantitative estimate of drug-likeness (QED) is 0.385. The Balaban J connectivity index is 2.69. The van der Waals surface area contributed by atoms with Crippen molar-refractivity contribution in [1.29, 1.82) is 0 Å². The van der Waals surface area contributed by atoms with Gasteiger partial charge in [0.1, 0.15) is 10.4 Å². The second kappa shape index (κ2) is 7.66. The molecule has 2 heterocycles. The molecule has 0 aliphatic heterocycles. The first-order chi connectivity index (χ1) is 12.5. The van der Waals surface area contributed by atoms with Gasteiger partial charge < -0.3 is 9.12 Å². The topological polar surface area (TPSA) is 52.9 Å². The lowest BCUT2D eigenvalue weighted by Crippen LogP contribution is -2.45. The van der Waals surface area contributed by atoms with Crippen molar-refractivity contribution in [3.63, 3.8) is 0 Å². The summed E-state index contributed by atoms with van der Waals surface area (Å²) in [5.41, 5.74) is -0.373. The van der Waals surface area contributed by atoms with Gasteiger partial charge in [-0.2, -0.15) is 13.2 Å². The standard InChI is InChI=1S/C18H24ClF4N3OS/c1-16(2,3)9-26-8-11(10-7-12(20)14(19)24-15(10)26)13(18(21,22)23)25-28(27)17(4,5)6/h7-8,13,25H,9H2,1-6H3/t13-,28+/m0/s1. The molecule has 1 N–H and O–H groups in total. The largest absolute Gasteiger partial charge is 0.598 e. The third-order valence-corrected chi connectivity index (χ3v) is 5.68. The molecule has 0 fully saturated rings. The first-order valence-electron chi connectivity index (χ1n) is 8.60. The van der Waals surface area contributed by atoms with E-state index in [1.807, 2.05) is 20.8 Å². The summed E-state index contributed by atoms with van der Waals surface area (Å²) < 4.78 is 70.8. The number of hydrogen-bond donors (Lipinski definition) is 1. The number of rotatable bonds is 4. The number of alkyl halides is 3. The fourth-order valence-electron chi connectivity index (χ4n) is 2.64. The molecule has 0 bridgehead atoms. The molecule has 2 atom stereocenters. The van der Waals surface area contributed by atoms with Crippen LogP contribution in [0.15, 0.2) is 12.3 Å². The van der Waals surface area contributed by atoms with Gasteiger partial charge in [0.15, 0.2) is 17.0 Å². The number of halogens is 5. The van der Waals surface area contributed by atoms with Crippen LogP contribution in [0.5, 0.6) is 0 Å². The van der Waals surface area contributed by atoms with E-state index < -0.39 is 39.3 Å². The summed E-state index contributed by atoms with van der Waals surface area (Å²) in [5.74, 6) is -0.915. The zero-order valence-corrected chi connectivity index (χ0v) is 18.1. The lowest BCUT2D eigenvalue weighted by atomic mass is 9.97. The van der Waals surface area contributed by atoms with Crippen molar-refractivity contribution in [1.82, 2.24) is 14.3 Å². The van der Waals surface area contributed by atoms with Gasteiger partial charge in [-0.25, -0.2) is 9.37 Å². The summed E-state index contributed by atoms with van der Waals surface area (Å²) in [7, 11) is 0. The molecule has 28 heavy (non-hydrogen) atoms. The molecule has 0 aliphatic carbocycles. The van der Waals surface area contributed by atoms with Crippen LogP contribution in [0.3, 0.4) is 0 Å². The van der Waals surface area contributed by atoms with Crippen molar-refractivity contribution >= 4 is 34.0 Å². The van der Waals surface area contributed by atoms with Crippen molar-refractivity contribution in [2.24, 2.45) is 5.41 Å². The summed E-state index contributed by atoms with van der Waals surface area (Å²) in [4.78, 5) is 3.95. The zero-order chi connectivity index (χ0) is 21.7. The average Bonchev–Trinajstić information content (AvgIpc) is 2.78. The van der Waals surface area contributed by atoms with Crippen LogP contribution in [0, 0.1) is 11.2 Å². The Morgan fingerprint density at radius 3 is 2.25 bits per heavy atom. The molecule has 0 saturated carbocycles. The molecular formula is C18H24ClF4N3OS. The molecule has 0 aromatic carbocycles. The molecule has 0 aliphatic rings. The smallest absolute Gasteiger partial charge is 0.412 e. The van der Waals surface area contributed by atoms with Gasteiger partial charge in [-0.05, 0) is 32.3 Å². The Morgan fingerprint density at radius 2 is 1.79 bits per heavy atom. The Labute approximate surface area is 170 Å². The van der Waals surface area contributed by atoms with E-state index in [0.29, 0.717) is 6.54 Å². The molecule has 10 heteroatoms. The predicted octanol–water partition coefficient (Wildman–Crippen LogP) is 5.53. The molecule has 0 radical (unpaired) electrons. The molecule has 0 unspecified atom stereocenters. The molecule has 2 aromatic heterocycles. The Bertz CT molecular complexity index is 856. The summed E-state index contributed by atoms with van der Waals surface area (Å²) in [6.45, 7) is 10.8. The van der Waals surface area contributed by atoms with Crippen LogP contribution in [0.1, 0.15) is 53.1 Å². The lowest BCUT2D eigenvalue weighted by Gasteiger charge is -2.29.